The molecule has 92 valence electrons. The number of ketones is 1. The van der Waals surface area contributed by atoms with Gasteiger partial charge in [0.05, 0.1) is 5.02 Å². The number of aryl methyl sites for hydroxylation is 1. The lowest BCUT2D eigenvalue weighted by Crippen LogP contribution is -2.11. The van der Waals surface area contributed by atoms with Crippen LogP contribution in [0.2, 0.25) is 5.02 Å². The number of rotatable bonds is 4. The fourth-order valence-corrected chi connectivity index (χ4v) is 2.65. The van der Waals surface area contributed by atoms with E-state index in [4.69, 9.17) is 11.6 Å². The van der Waals surface area contributed by atoms with Gasteiger partial charge in [-0.05, 0) is 30.9 Å². The highest BCUT2D eigenvalue weighted by Crippen LogP contribution is 2.27. The Kier molecular flexibility index (Phi) is 4.16. The van der Waals surface area contributed by atoms with E-state index < -0.39 is 0 Å². The topological polar surface area (TPSA) is 17.1 Å². The van der Waals surface area contributed by atoms with E-state index in [9.17, 15) is 9.18 Å². The largest absolute Gasteiger partial charge is 0.299 e. The Morgan fingerprint density at radius 1 is 1.35 bits per heavy atom. The fraction of sp³-hybridized carbons (Fsp3) is 0.500. The number of hydrogen-bond acceptors (Lipinski definition) is 1. The lowest BCUT2D eigenvalue weighted by atomic mass is 9.97. The molecule has 0 amide bonds. The minimum atomic E-state index is -0.381. The van der Waals surface area contributed by atoms with Crippen molar-refractivity contribution in [2.45, 2.75) is 38.5 Å². The zero-order chi connectivity index (χ0) is 12.3. The number of hydrogen-bond donors (Lipinski definition) is 0. The highest BCUT2D eigenvalue weighted by Gasteiger charge is 2.22. The second-order valence-electron chi connectivity index (χ2n) is 4.66. The molecule has 3 heteroatoms. The van der Waals surface area contributed by atoms with Gasteiger partial charge in [0.2, 0.25) is 0 Å². The zero-order valence-corrected chi connectivity index (χ0v) is 10.5. The maximum absolute atomic E-state index is 13.6. The standard InChI is InChI=1S/C14H16ClFO/c15-12-7-3-6-11(14(12)16)8-9-13(17)10-4-1-2-5-10/h3,6-7,10H,1-2,4-5,8-9H2. The molecule has 1 saturated carbocycles. The third-order valence-corrected chi connectivity index (χ3v) is 3.77. The van der Waals surface area contributed by atoms with E-state index in [2.05, 4.69) is 0 Å². The molecule has 0 spiro atoms. The second-order valence-corrected chi connectivity index (χ2v) is 5.07. The van der Waals surface area contributed by atoms with Crippen LogP contribution in [-0.4, -0.2) is 5.78 Å². The molecule has 1 fully saturated rings. The first-order chi connectivity index (χ1) is 8.18. The molecular weight excluding hydrogens is 239 g/mol. The van der Waals surface area contributed by atoms with Crippen LogP contribution in [0.1, 0.15) is 37.7 Å². The van der Waals surface area contributed by atoms with E-state index in [0.717, 1.165) is 25.7 Å². The lowest BCUT2D eigenvalue weighted by molar-refractivity contribution is -0.122. The summed E-state index contributed by atoms with van der Waals surface area (Å²) in [5.74, 6) is 0.118. The molecule has 0 heterocycles. The van der Waals surface area contributed by atoms with Crippen LogP contribution in [0.5, 0.6) is 0 Å². The highest BCUT2D eigenvalue weighted by atomic mass is 35.5. The molecule has 0 aliphatic heterocycles. The van der Waals surface area contributed by atoms with Gasteiger partial charge in [0.25, 0.3) is 0 Å². The Bertz CT molecular complexity index is 411. The monoisotopic (exact) mass is 254 g/mol. The van der Waals surface area contributed by atoms with Gasteiger partial charge in [-0.2, -0.15) is 0 Å². The van der Waals surface area contributed by atoms with Gasteiger partial charge < -0.3 is 0 Å². The maximum Gasteiger partial charge on any atom is 0.144 e. The van der Waals surface area contributed by atoms with Gasteiger partial charge in [-0.15, -0.1) is 0 Å². The molecule has 1 aliphatic rings. The van der Waals surface area contributed by atoms with Crippen LogP contribution in [0, 0.1) is 11.7 Å². The van der Waals surface area contributed by atoms with Crippen molar-refractivity contribution < 1.29 is 9.18 Å². The first kappa shape index (κ1) is 12.6. The summed E-state index contributed by atoms with van der Waals surface area (Å²) >= 11 is 5.70. The van der Waals surface area contributed by atoms with Crippen molar-refractivity contribution in [2.75, 3.05) is 0 Å². The first-order valence-electron chi connectivity index (χ1n) is 6.14. The number of carbonyl (C=O) groups excluding carboxylic acids is 1. The summed E-state index contributed by atoms with van der Waals surface area (Å²) in [6, 6.07) is 4.95. The summed E-state index contributed by atoms with van der Waals surface area (Å²) in [6.07, 6.45) is 5.22. The summed E-state index contributed by atoms with van der Waals surface area (Å²) < 4.78 is 13.6. The van der Waals surface area contributed by atoms with Gasteiger partial charge in [0, 0.05) is 12.3 Å². The Morgan fingerprint density at radius 3 is 2.76 bits per heavy atom. The molecular formula is C14H16ClFO. The predicted molar refractivity (Wildman–Crippen MR) is 66.7 cm³/mol. The van der Waals surface area contributed by atoms with Gasteiger partial charge in [0.1, 0.15) is 11.6 Å². The van der Waals surface area contributed by atoms with E-state index >= 15 is 0 Å². The molecule has 0 radical (unpaired) electrons. The molecule has 0 saturated heterocycles. The average molecular weight is 255 g/mol. The van der Waals surface area contributed by atoms with Gasteiger partial charge in [-0.25, -0.2) is 4.39 Å². The van der Waals surface area contributed by atoms with Crippen LogP contribution in [0.3, 0.4) is 0 Å². The minimum absolute atomic E-state index is 0.135. The SMILES string of the molecule is O=C(CCc1cccc(Cl)c1F)C1CCCC1. The number of benzene rings is 1. The molecule has 1 aliphatic carbocycles. The molecule has 0 N–H and O–H groups in total. The first-order valence-corrected chi connectivity index (χ1v) is 6.52. The van der Waals surface area contributed by atoms with E-state index in [1.807, 2.05) is 0 Å². The number of halogens is 2. The van der Waals surface area contributed by atoms with Gasteiger partial charge in [0.15, 0.2) is 0 Å². The summed E-state index contributed by atoms with van der Waals surface area (Å²) in [6.45, 7) is 0. The van der Waals surface area contributed by atoms with Crippen LogP contribution in [0.25, 0.3) is 0 Å². The molecule has 0 unspecified atom stereocenters. The molecule has 0 atom stereocenters. The Labute approximate surface area is 106 Å². The lowest BCUT2D eigenvalue weighted by Gasteiger charge is -2.08. The Hall–Kier alpha value is -0.890. The van der Waals surface area contributed by atoms with Gasteiger partial charge in [-0.3, -0.25) is 4.79 Å². The number of Topliss-reactive ketones (excluding diaryl/α,β-unsaturated/α-hetero) is 1. The molecule has 17 heavy (non-hydrogen) atoms. The van der Waals surface area contributed by atoms with Crippen LogP contribution < -0.4 is 0 Å². The smallest absolute Gasteiger partial charge is 0.144 e. The van der Waals surface area contributed by atoms with Crippen LogP contribution in [0.15, 0.2) is 18.2 Å². The maximum atomic E-state index is 13.6. The minimum Gasteiger partial charge on any atom is -0.299 e. The summed E-state index contributed by atoms with van der Waals surface area (Å²) in [4.78, 5) is 11.9. The Morgan fingerprint density at radius 2 is 2.06 bits per heavy atom. The van der Waals surface area contributed by atoms with Gasteiger partial charge >= 0.3 is 0 Å². The average Bonchev–Trinajstić information content (AvgIpc) is 2.84. The zero-order valence-electron chi connectivity index (χ0n) is 9.72. The second kappa shape index (κ2) is 5.63. The molecule has 2 rings (SSSR count). The van der Waals surface area contributed by atoms with E-state index in [1.165, 1.54) is 6.07 Å². The normalized spacial score (nSPS) is 16.4. The van der Waals surface area contributed by atoms with Crippen molar-refractivity contribution in [3.8, 4) is 0 Å². The molecule has 0 aromatic heterocycles. The number of carbonyl (C=O) groups is 1. The van der Waals surface area contributed by atoms with Crippen LogP contribution in [0.4, 0.5) is 4.39 Å². The van der Waals surface area contributed by atoms with Crippen LogP contribution >= 0.6 is 11.6 Å². The van der Waals surface area contributed by atoms with E-state index in [0.29, 0.717) is 18.4 Å². The predicted octanol–water partition coefficient (Wildman–Crippen LogP) is 4.17. The molecule has 1 nitrogen and oxygen atoms in total. The van der Waals surface area contributed by atoms with E-state index in [1.54, 1.807) is 12.1 Å². The van der Waals surface area contributed by atoms with E-state index in [-0.39, 0.29) is 22.5 Å². The third kappa shape index (κ3) is 3.06. The Balaban J connectivity index is 1.93. The van der Waals surface area contributed by atoms with Crippen molar-refractivity contribution in [3.05, 3.63) is 34.6 Å². The highest BCUT2D eigenvalue weighted by molar-refractivity contribution is 6.30. The molecule has 0 bridgehead atoms. The third-order valence-electron chi connectivity index (χ3n) is 3.48. The summed E-state index contributed by atoms with van der Waals surface area (Å²) in [7, 11) is 0. The van der Waals surface area contributed by atoms with Crippen molar-refractivity contribution in [2.24, 2.45) is 5.92 Å². The molecule has 1 aromatic carbocycles. The molecule has 1 aromatic rings. The van der Waals surface area contributed by atoms with Crippen molar-refractivity contribution in [1.82, 2.24) is 0 Å². The van der Waals surface area contributed by atoms with Crippen molar-refractivity contribution in [3.63, 3.8) is 0 Å². The quantitative estimate of drug-likeness (QED) is 0.788. The van der Waals surface area contributed by atoms with Gasteiger partial charge in [-0.1, -0.05) is 36.6 Å². The summed E-state index contributed by atoms with van der Waals surface area (Å²) in [5.41, 5.74) is 0.545. The van der Waals surface area contributed by atoms with Crippen molar-refractivity contribution >= 4 is 17.4 Å². The van der Waals surface area contributed by atoms with Crippen molar-refractivity contribution in [1.29, 1.82) is 0 Å². The fourth-order valence-electron chi connectivity index (χ4n) is 2.45. The summed E-state index contributed by atoms with van der Waals surface area (Å²) in [5, 5.41) is 0.135. The van der Waals surface area contributed by atoms with Crippen LogP contribution in [-0.2, 0) is 11.2 Å².